The standard InChI is InChI=1S/C32H30N6O3S/c1-32(2,3)22-16-14-21(15-17-22)28-27(29(39)41-4)36-31(42-28)34-25-13-9-8-12-24(25)33-30(40)35-26-19-18-23(37-38-26)20-10-6-5-7-11-20/h5-19H,1-4H3,(H,34,36)(H2,33,35,38,40). The number of amides is 2. The van der Waals surface area contributed by atoms with Crippen molar-refractivity contribution in [3.05, 3.63) is 102 Å². The van der Waals surface area contributed by atoms with Crippen LogP contribution in [0, 0.1) is 0 Å². The molecule has 0 radical (unpaired) electrons. The van der Waals surface area contributed by atoms with Crippen molar-refractivity contribution in [1.29, 1.82) is 0 Å². The monoisotopic (exact) mass is 578 g/mol. The van der Waals surface area contributed by atoms with Crippen molar-refractivity contribution in [3.8, 4) is 21.7 Å². The minimum Gasteiger partial charge on any atom is -0.464 e. The Kier molecular flexibility index (Phi) is 8.26. The third kappa shape index (κ3) is 6.61. The summed E-state index contributed by atoms with van der Waals surface area (Å²) in [7, 11) is 1.33. The Morgan fingerprint density at radius 3 is 2.10 bits per heavy atom. The van der Waals surface area contributed by atoms with Crippen molar-refractivity contribution in [2.45, 2.75) is 26.2 Å². The number of nitrogens with zero attached hydrogens (tertiary/aromatic N) is 3. The highest BCUT2D eigenvalue weighted by Crippen LogP contribution is 2.37. The lowest BCUT2D eigenvalue weighted by Gasteiger charge is -2.19. The molecule has 0 atom stereocenters. The Balaban J connectivity index is 1.33. The van der Waals surface area contributed by atoms with Crippen LogP contribution in [0.15, 0.2) is 91.0 Å². The average molecular weight is 579 g/mol. The zero-order chi connectivity index (χ0) is 29.7. The molecule has 0 saturated heterocycles. The molecule has 5 rings (SSSR count). The number of carbonyl (C=O) groups is 2. The maximum absolute atomic E-state index is 12.8. The Bertz CT molecular complexity index is 1700. The molecule has 42 heavy (non-hydrogen) atoms. The van der Waals surface area contributed by atoms with Gasteiger partial charge in [0.25, 0.3) is 0 Å². The first-order valence-electron chi connectivity index (χ1n) is 13.2. The molecular weight excluding hydrogens is 548 g/mol. The summed E-state index contributed by atoms with van der Waals surface area (Å²) in [6, 6.07) is 28.0. The maximum atomic E-state index is 12.8. The molecule has 3 N–H and O–H groups in total. The van der Waals surface area contributed by atoms with E-state index in [9.17, 15) is 9.59 Å². The van der Waals surface area contributed by atoms with E-state index in [4.69, 9.17) is 4.74 Å². The molecule has 0 aliphatic rings. The SMILES string of the molecule is COC(=O)c1nc(Nc2ccccc2NC(=O)Nc2ccc(-c3ccccc3)nn2)sc1-c1ccc(C(C)(C)C)cc1. The topological polar surface area (TPSA) is 118 Å². The lowest BCUT2D eigenvalue weighted by Crippen LogP contribution is -2.21. The van der Waals surface area contributed by atoms with Crippen molar-refractivity contribution < 1.29 is 14.3 Å². The quantitative estimate of drug-likeness (QED) is 0.169. The van der Waals surface area contributed by atoms with Gasteiger partial charge in [-0.05, 0) is 40.8 Å². The van der Waals surface area contributed by atoms with Gasteiger partial charge in [0.05, 0.1) is 29.1 Å². The Hall–Kier alpha value is -5.09. The van der Waals surface area contributed by atoms with Crippen LogP contribution in [0.1, 0.15) is 36.8 Å². The smallest absolute Gasteiger partial charge is 0.358 e. The molecule has 0 bridgehead atoms. The fraction of sp³-hybridized carbons (Fsp3) is 0.156. The fourth-order valence-electron chi connectivity index (χ4n) is 4.17. The second kappa shape index (κ2) is 12.2. The summed E-state index contributed by atoms with van der Waals surface area (Å²) in [5.41, 5.74) is 5.01. The largest absolute Gasteiger partial charge is 0.464 e. The predicted molar refractivity (Wildman–Crippen MR) is 167 cm³/mol. The summed E-state index contributed by atoms with van der Waals surface area (Å²) in [4.78, 5) is 30.6. The van der Waals surface area contributed by atoms with Crippen molar-refractivity contribution in [1.82, 2.24) is 15.2 Å². The number of hydrogen-bond acceptors (Lipinski definition) is 8. The normalized spacial score (nSPS) is 11.0. The Labute approximate surface area is 248 Å². The number of urea groups is 1. The first kappa shape index (κ1) is 28.4. The van der Waals surface area contributed by atoms with Gasteiger partial charge in [-0.15, -0.1) is 10.2 Å². The lowest BCUT2D eigenvalue weighted by atomic mass is 9.86. The van der Waals surface area contributed by atoms with Gasteiger partial charge in [-0.3, -0.25) is 5.32 Å². The molecule has 2 heterocycles. The summed E-state index contributed by atoms with van der Waals surface area (Å²) < 4.78 is 5.01. The zero-order valence-electron chi connectivity index (χ0n) is 23.6. The van der Waals surface area contributed by atoms with Gasteiger partial charge >= 0.3 is 12.0 Å². The van der Waals surface area contributed by atoms with Crippen LogP contribution in [0.3, 0.4) is 0 Å². The molecule has 0 fully saturated rings. The number of ether oxygens (including phenoxy) is 1. The second-order valence-corrected chi connectivity index (χ2v) is 11.4. The third-order valence-corrected chi connectivity index (χ3v) is 7.43. The minimum atomic E-state index is -0.528. The molecule has 0 unspecified atom stereocenters. The molecular formula is C32H30N6O3S. The third-order valence-electron chi connectivity index (χ3n) is 6.41. The van der Waals surface area contributed by atoms with Gasteiger partial charge in [-0.1, -0.05) is 98.8 Å². The summed E-state index contributed by atoms with van der Waals surface area (Å²) in [6.07, 6.45) is 0. The number of rotatable bonds is 7. The highest BCUT2D eigenvalue weighted by atomic mass is 32.1. The number of carbonyl (C=O) groups excluding carboxylic acids is 2. The van der Waals surface area contributed by atoms with Gasteiger partial charge in [-0.2, -0.15) is 0 Å². The van der Waals surface area contributed by atoms with E-state index < -0.39 is 12.0 Å². The average Bonchev–Trinajstić information content (AvgIpc) is 3.42. The van der Waals surface area contributed by atoms with Gasteiger partial charge in [0.15, 0.2) is 16.6 Å². The van der Waals surface area contributed by atoms with Crippen molar-refractivity contribution in [2.24, 2.45) is 0 Å². The molecule has 212 valence electrons. The van der Waals surface area contributed by atoms with E-state index in [0.29, 0.717) is 32.9 Å². The van der Waals surface area contributed by atoms with Crippen molar-refractivity contribution in [2.75, 3.05) is 23.1 Å². The lowest BCUT2D eigenvalue weighted by molar-refractivity contribution is 0.0596. The Morgan fingerprint density at radius 1 is 0.762 bits per heavy atom. The summed E-state index contributed by atoms with van der Waals surface area (Å²) >= 11 is 1.32. The number of para-hydroxylation sites is 2. The molecule has 3 aromatic carbocycles. The minimum absolute atomic E-state index is 0.00527. The molecule has 0 spiro atoms. The number of benzene rings is 3. The van der Waals surface area contributed by atoms with Crippen LogP contribution in [-0.4, -0.2) is 34.3 Å². The van der Waals surface area contributed by atoms with Crippen LogP contribution in [0.25, 0.3) is 21.7 Å². The number of anilines is 4. The summed E-state index contributed by atoms with van der Waals surface area (Å²) in [5.74, 6) is -0.221. The van der Waals surface area contributed by atoms with E-state index in [1.807, 2.05) is 48.5 Å². The molecule has 0 aliphatic heterocycles. The molecule has 0 saturated carbocycles. The number of thiazole rings is 1. The van der Waals surface area contributed by atoms with Gasteiger partial charge < -0.3 is 15.4 Å². The van der Waals surface area contributed by atoms with E-state index in [0.717, 1.165) is 11.1 Å². The number of methoxy groups -OCH3 is 1. The van der Waals surface area contributed by atoms with Crippen LogP contribution in [0.2, 0.25) is 0 Å². The van der Waals surface area contributed by atoms with E-state index >= 15 is 0 Å². The molecule has 0 aliphatic carbocycles. The van der Waals surface area contributed by atoms with E-state index in [-0.39, 0.29) is 11.1 Å². The van der Waals surface area contributed by atoms with Gasteiger partial charge in [-0.25, -0.2) is 14.6 Å². The second-order valence-electron chi connectivity index (χ2n) is 10.4. The van der Waals surface area contributed by atoms with Crippen LogP contribution < -0.4 is 16.0 Å². The number of aromatic nitrogens is 3. The molecule has 2 aromatic heterocycles. The first-order valence-corrected chi connectivity index (χ1v) is 14.1. The van der Waals surface area contributed by atoms with Gasteiger partial charge in [0.2, 0.25) is 0 Å². The molecule has 10 heteroatoms. The summed E-state index contributed by atoms with van der Waals surface area (Å²) in [6.45, 7) is 6.45. The maximum Gasteiger partial charge on any atom is 0.358 e. The highest BCUT2D eigenvalue weighted by molar-refractivity contribution is 7.19. The predicted octanol–water partition coefficient (Wildman–Crippen LogP) is 7.74. The number of hydrogen-bond donors (Lipinski definition) is 3. The highest BCUT2D eigenvalue weighted by Gasteiger charge is 2.22. The van der Waals surface area contributed by atoms with Crippen molar-refractivity contribution in [3.63, 3.8) is 0 Å². The molecule has 5 aromatic rings. The molecule has 9 nitrogen and oxygen atoms in total. The van der Waals surface area contributed by atoms with Gasteiger partial charge in [0, 0.05) is 5.56 Å². The van der Waals surface area contributed by atoms with Crippen LogP contribution in [0.4, 0.5) is 27.1 Å². The van der Waals surface area contributed by atoms with Crippen LogP contribution in [0.5, 0.6) is 0 Å². The van der Waals surface area contributed by atoms with Gasteiger partial charge in [0.1, 0.15) is 0 Å². The fourth-order valence-corrected chi connectivity index (χ4v) is 5.14. The number of esters is 1. The van der Waals surface area contributed by atoms with E-state index in [1.54, 1.807) is 30.3 Å². The summed E-state index contributed by atoms with van der Waals surface area (Å²) in [5, 5.41) is 17.6. The van der Waals surface area contributed by atoms with E-state index in [1.165, 1.54) is 24.0 Å². The number of nitrogens with one attached hydrogen (secondary N) is 3. The van der Waals surface area contributed by atoms with Crippen molar-refractivity contribution >= 4 is 45.7 Å². The van der Waals surface area contributed by atoms with Crippen LogP contribution >= 0.6 is 11.3 Å². The zero-order valence-corrected chi connectivity index (χ0v) is 24.5. The molecule has 2 amide bonds. The van der Waals surface area contributed by atoms with Crippen LogP contribution in [-0.2, 0) is 10.2 Å². The first-order chi connectivity index (χ1) is 20.2. The van der Waals surface area contributed by atoms with E-state index in [2.05, 4.69) is 64.0 Å². The Morgan fingerprint density at radius 2 is 1.45 bits per heavy atom.